The Bertz CT molecular complexity index is 888. The van der Waals surface area contributed by atoms with E-state index in [0.29, 0.717) is 0 Å². The molecule has 1 aliphatic rings. The second-order valence-electron chi connectivity index (χ2n) is 7.88. The first kappa shape index (κ1) is 26.7. The van der Waals surface area contributed by atoms with E-state index in [-0.39, 0.29) is 6.04 Å². The Morgan fingerprint density at radius 3 is 2.35 bits per heavy atom. The minimum absolute atomic E-state index is 0.103. The molecule has 1 aromatic carbocycles. The fourth-order valence-corrected chi connectivity index (χ4v) is 3.24. The predicted octanol–water partition coefficient (Wildman–Crippen LogP) is 2.59. The molecule has 0 aliphatic heterocycles. The molecule has 0 bridgehead atoms. The van der Waals surface area contributed by atoms with Crippen molar-refractivity contribution in [2.75, 3.05) is 20.7 Å². The number of hydrogen-bond donors (Lipinski definition) is 3. The molecule has 188 valence electrons. The summed E-state index contributed by atoms with van der Waals surface area (Å²) in [5.74, 6) is -2.34. The van der Waals surface area contributed by atoms with Crippen molar-refractivity contribution in [3.05, 3.63) is 35.4 Å². The van der Waals surface area contributed by atoms with Gasteiger partial charge in [0.15, 0.2) is 0 Å². The van der Waals surface area contributed by atoms with E-state index in [4.69, 9.17) is 4.74 Å². The number of rotatable bonds is 6. The van der Waals surface area contributed by atoms with Gasteiger partial charge in [-0.25, -0.2) is 9.59 Å². The summed E-state index contributed by atoms with van der Waals surface area (Å²) in [6.45, 7) is -0.726. The van der Waals surface area contributed by atoms with Crippen molar-refractivity contribution in [1.29, 1.82) is 0 Å². The summed E-state index contributed by atoms with van der Waals surface area (Å²) < 4.78 is 44.6. The lowest BCUT2D eigenvalue weighted by atomic mass is 9.96. The first-order chi connectivity index (χ1) is 16.0. The van der Waals surface area contributed by atoms with Gasteiger partial charge in [0.1, 0.15) is 12.6 Å². The fraction of sp³-hybridized carbons (Fsp3) is 0.524. The number of carbonyl (C=O) groups is 4. The van der Waals surface area contributed by atoms with Crippen LogP contribution in [0, 0.1) is 0 Å². The van der Waals surface area contributed by atoms with Crippen LogP contribution in [0.5, 0.6) is 0 Å². The second-order valence-corrected chi connectivity index (χ2v) is 7.88. The lowest BCUT2D eigenvalue weighted by molar-refractivity contribution is -0.137. The maximum Gasteiger partial charge on any atom is 0.431 e. The van der Waals surface area contributed by atoms with Crippen LogP contribution in [0.3, 0.4) is 0 Å². The number of carbonyl (C=O) groups excluding carboxylic acids is 4. The summed E-state index contributed by atoms with van der Waals surface area (Å²) in [6, 6.07) is 2.24. The van der Waals surface area contributed by atoms with E-state index < -0.39 is 54.0 Å². The number of nitrogens with one attached hydrogen (secondary N) is 3. The van der Waals surface area contributed by atoms with Crippen LogP contribution in [0.15, 0.2) is 24.3 Å². The summed E-state index contributed by atoms with van der Waals surface area (Å²) >= 11 is 0. The van der Waals surface area contributed by atoms with Crippen LogP contribution in [0.2, 0.25) is 0 Å². The summed E-state index contributed by atoms with van der Waals surface area (Å²) in [6.07, 6.45) is -2.12. The van der Waals surface area contributed by atoms with Crippen LogP contribution in [0.4, 0.5) is 22.8 Å². The zero-order valence-corrected chi connectivity index (χ0v) is 18.7. The number of halogens is 3. The van der Waals surface area contributed by atoms with Crippen molar-refractivity contribution in [3.8, 4) is 0 Å². The van der Waals surface area contributed by atoms with Crippen molar-refractivity contribution < 1.29 is 41.9 Å². The van der Waals surface area contributed by atoms with Crippen LogP contribution in [0.25, 0.3) is 0 Å². The van der Waals surface area contributed by atoms with E-state index in [0.717, 1.165) is 55.2 Å². The van der Waals surface area contributed by atoms with Crippen molar-refractivity contribution >= 4 is 24.0 Å². The van der Waals surface area contributed by atoms with Gasteiger partial charge in [-0.15, -0.1) is 0 Å². The number of hydroxylamine groups is 1. The topological polar surface area (TPSA) is 126 Å². The van der Waals surface area contributed by atoms with Gasteiger partial charge in [-0.2, -0.15) is 18.7 Å². The standard InChI is InChI=1S/C21H27F3N4O6/c1-28(2)20(32)33-12-16(18(30)27-34-19(31)25-13-8-4-3-5-9-13)26-17(29)14-10-6-7-11-15(14)21(22,23)24/h6-7,10-11,13,16H,3-5,8-9,12H2,1-2H3,(H,25,31)(H,26,29)(H,27,30). The van der Waals surface area contributed by atoms with Gasteiger partial charge in [0.05, 0.1) is 11.1 Å². The van der Waals surface area contributed by atoms with Crippen LogP contribution < -0.4 is 16.1 Å². The minimum Gasteiger partial charge on any atom is -0.447 e. The van der Waals surface area contributed by atoms with E-state index in [9.17, 15) is 32.3 Å². The van der Waals surface area contributed by atoms with Gasteiger partial charge in [-0.05, 0) is 25.0 Å². The van der Waals surface area contributed by atoms with E-state index >= 15 is 0 Å². The van der Waals surface area contributed by atoms with Crippen LogP contribution in [-0.2, 0) is 20.5 Å². The molecule has 10 nitrogen and oxygen atoms in total. The van der Waals surface area contributed by atoms with Crippen molar-refractivity contribution in [1.82, 2.24) is 21.0 Å². The van der Waals surface area contributed by atoms with Crippen LogP contribution in [-0.4, -0.2) is 61.7 Å². The molecule has 1 saturated carbocycles. The molecule has 0 saturated heterocycles. The van der Waals surface area contributed by atoms with Gasteiger partial charge in [0.2, 0.25) is 0 Å². The van der Waals surface area contributed by atoms with Gasteiger partial charge in [0, 0.05) is 20.1 Å². The second kappa shape index (κ2) is 12.1. The molecule has 4 amide bonds. The van der Waals surface area contributed by atoms with Gasteiger partial charge in [0.25, 0.3) is 11.8 Å². The predicted molar refractivity (Wildman–Crippen MR) is 112 cm³/mol. The lowest BCUT2D eigenvalue weighted by Crippen LogP contribution is -2.51. The molecule has 1 aromatic rings. The summed E-state index contributed by atoms with van der Waals surface area (Å²) in [4.78, 5) is 54.4. The molecule has 2 rings (SSSR count). The van der Waals surface area contributed by atoms with E-state index in [1.165, 1.54) is 20.2 Å². The molecule has 1 aliphatic carbocycles. The zero-order chi connectivity index (χ0) is 25.3. The molecule has 0 spiro atoms. The van der Waals surface area contributed by atoms with Crippen molar-refractivity contribution in [2.45, 2.75) is 50.4 Å². The third-order valence-electron chi connectivity index (χ3n) is 5.01. The zero-order valence-electron chi connectivity index (χ0n) is 18.7. The molecule has 34 heavy (non-hydrogen) atoms. The maximum absolute atomic E-state index is 13.3. The van der Waals surface area contributed by atoms with E-state index in [1.807, 2.05) is 5.48 Å². The minimum atomic E-state index is -4.82. The Kier molecular flexibility index (Phi) is 9.51. The molecule has 3 N–H and O–H groups in total. The van der Waals surface area contributed by atoms with Crippen LogP contribution >= 0.6 is 0 Å². The monoisotopic (exact) mass is 488 g/mol. The first-order valence-corrected chi connectivity index (χ1v) is 10.6. The van der Waals surface area contributed by atoms with Gasteiger partial charge in [-0.3, -0.25) is 9.59 Å². The lowest BCUT2D eigenvalue weighted by Gasteiger charge is -2.23. The number of benzene rings is 1. The molecule has 1 atom stereocenters. The average molecular weight is 488 g/mol. The Labute approximate surface area is 194 Å². The number of hydrogen-bond acceptors (Lipinski definition) is 6. The maximum atomic E-state index is 13.3. The summed E-state index contributed by atoms with van der Waals surface area (Å²) in [5.41, 5.74) is -0.108. The highest BCUT2D eigenvalue weighted by atomic mass is 19.4. The number of ether oxygens (including phenoxy) is 1. The third-order valence-corrected chi connectivity index (χ3v) is 5.01. The molecule has 1 unspecified atom stereocenters. The fourth-order valence-electron chi connectivity index (χ4n) is 3.24. The smallest absolute Gasteiger partial charge is 0.431 e. The SMILES string of the molecule is CN(C)C(=O)OCC(NC(=O)c1ccccc1C(F)(F)F)C(=O)NOC(=O)NC1CCCCC1. The molecular weight excluding hydrogens is 461 g/mol. The van der Waals surface area contributed by atoms with E-state index in [2.05, 4.69) is 15.5 Å². The number of amides is 4. The normalized spacial score (nSPS) is 15.0. The van der Waals surface area contributed by atoms with Crippen molar-refractivity contribution in [2.24, 2.45) is 0 Å². The first-order valence-electron chi connectivity index (χ1n) is 10.6. The number of nitrogens with zero attached hydrogens (tertiary/aromatic N) is 1. The number of alkyl halides is 3. The molecule has 1 fully saturated rings. The van der Waals surface area contributed by atoms with Gasteiger partial charge < -0.3 is 25.1 Å². The molecule has 13 heteroatoms. The third kappa shape index (κ3) is 8.12. The Hall–Kier alpha value is -3.51. The quantitative estimate of drug-likeness (QED) is 0.529. The largest absolute Gasteiger partial charge is 0.447 e. The molecule has 0 aromatic heterocycles. The molecule has 0 radical (unpaired) electrons. The van der Waals surface area contributed by atoms with Crippen LogP contribution in [0.1, 0.15) is 48.0 Å². The van der Waals surface area contributed by atoms with Crippen molar-refractivity contribution in [3.63, 3.8) is 0 Å². The highest BCUT2D eigenvalue weighted by Gasteiger charge is 2.36. The summed E-state index contributed by atoms with van der Waals surface area (Å²) in [7, 11) is 2.74. The van der Waals surface area contributed by atoms with E-state index in [1.54, 1.807) is 0 Å². The Morgan fingerprint density at radius 2 is 1.74 bits per heavy atom. The average Bonchev–Trinajstić information content (AvgIpc) is 2.79. The Balaban J connectivity index is 2.06. The summed E-state index contributed by atoms with van der Waals surface area (Å²) in [5, 5.41) is 4.68. The molecule has 0 heterocycles. The van der Waals surface area contributed by atoms with Gasteiger partial charge in [-0.1, -0.05) is 31.4 Å². The van der Waals surface area contributed by atoms with Gasteiger partial charge >= 0.3 is 18.4 Å². The highest BCUT2D eigenvalue weighted by molar-refractivity contribution is 5.99. The molecular formula is C21H27F3N4O6. The Morgan fingerprint density at radius 1 is 1.09 bits per heavy atom. The highest BCUT2D eigenvalue weighted by Crippen LogP contribution is 2.31.